The van der Waals surface area contributed by atoms with Crippen LogP contribution in [-0.4, -0.2) is 51.8 Å². The van der Waals surface area contributed by atoms with Gasteiger partial charge in [-0.1, -0.05) is 37.8 Å². The van der Waals surface area contributed by atoms with E-state index in [1.165, 1.54) is 0 Å². The number of carbonyl (C=O) groups is 1. The first-order valence-electron chi connectivity index (χ1n) is 13.0. The molecule has 0 aliphatic heterocycles. The van der Waals surface area contributed by atoms with Crippen LogP contribution in [0.4, 0.5) is 5.82 Å². The van der Waals surface area contributed by atoms with Crippen molar-refractivity contribution in [2.24, 2.45) is 0 Å². The Balaban J connectivity index is 1.46. The summed E-state index contributed by atoms with van der Waals surface area (Å²) in [6, 6.07) is 10.1. The fourth-order valence-corrected chi connectivity index (χ4v) is 4.04. The third-order valence-corrected chi connectivity index (χ3v) is 6.14. The molecule has 0 spiro atoms. The fraction of sp³-hybridized carbons (Fsp3) is 0.345. The summed E-state index contributed by atoms with van der Waals surface area (Å²) in [4.78, 5) is 23.2. The van der Waals surface area contributed by atoms with E-state index in [0.29, 0.717) is 13.0 Å². The molecule has 1 amide bonds. The molecule has 3 rings (SSSR count). The highest BCUT2D eigenvalue weighted by Crippen LogP contribution is 2.28. The minimum atomic E-state index is -0.328. The number of hydroxylamine groups is 1. The number of hydrogen-bond donors (Lipinski definition) is 5. The SMILES string of the molecule is C=C/C=C(\C=C)[C@@H](C)Nc1ncnc2[nH]c(-c3ccc(OCCCNCCCCCC(=O)NO)cc3)cc12. The van der Waals surface area contributed by atoms with Gasteiger partial charge in [0.25, 0.3) is 0 Å². The van der Waals surface area contributed by atoms with Gasteiger partial charge in [0.1, 0.15) is 23.5 Å². The number of carbonyl (C=O) groups excluding carboxylic acids is 1. The van der Waals surface area contributed by atoms with E-state index in [-0.39, 0.29) is 11.9 Å². The van der Waals surface area contributed by atoms with Crippen LogP contribution < -0.4 is 20.9 Å². The molecule has 5 N–H and O–H groups in total. The maximum absolute atomic E-state index is 10.9. The van der Waals surface area contributed by atoms with Crippen molar-refractivity contribution < 1.29 is 14.7 Å². The number of amides is 1. The molecule has 0 aliphatic carbocycles. The van der Waals surface area contributed by atoms with E-state index in [1.54, 1.807) is 17.9 Å². The molecule has 0 unspecified atom stereocenters. The smallest absolute Gasteiger partial charge is 0.243 e. The first-order chi connectivity index (χ1) is 18.5. The third-order valence-electron chi connectivity index (χ3n) is 6.14. The molecule has 0 aliphatic rings. The lowest BCUT2D eigenvalue weighted by Gasteiger charge is -2.15. The van der Waals surface area contributed by atoms with Gasteiger partial charge < -0.3 is 20.4 Å². The molecule has 0 saturated carbocycles. The Morgan fingerprint density at radius 2 is 1.92 bits per heavy atom. The normalized spacial score (nSPS) is 12.2. The number of unbranched alkanes of at least 4 members (excludes halogenated alkanes) is 2. The number of ether oxygens (including phenoxy) is 1. The van der Waals surface area contributed by atoms with E-state index < -0.39 is 0 Å². The van der Waals surface area contributed by atoms with Crippen molar-refractivity contribution in [3.8, 4) is 17.0 Å². The average Bonchev–Trinajstić information content (AvgIpc) is 3.38. The van der Waals surface area contributed by atoms with Crippen molar-refractivity contribution >= 4 is 22.8 Å². The van der Waals surface area contributed by atoms with Crippen molar-refractivity contribution in [1.29, 1.82) is 0 Å². The number of nitrogens with one attached hydrogen (secondary N) is 4. The van der Waals surface area contributed by atoms with E-state index in [1.807, 2.05) is 36.4 Å². The Morgan fingerprint density at radius 3 is 2.66 bits per heavy atom. The number of anilines is 1. The summed E-state index contributed by atoms with van der Waals surface area (Å²) >= 11 is 0. The summed E-state index contributed by atoms with van der Waals surface area (Å²) < 4.78 is 5.88. The van der Waals surface area contributed by atoms with Crippen molar-refractivity contribution in [2.45, 2.75) is 45.1 Å². The number of nitrogens with zero attached hydrogens (tertiary/aromatic N) is 2. The molecule has 2 aromatic heterocycles. The van der Waals surface area contributed by atoms with E-state index in [9.17, 15) is 4.79 Å². The summed E-state index contributed by atoms with van der Waals surface area (Å²) in [5, 5.41) is 16.2. The summed E-state index contributed by atoms with van der Waals surface area (Å²) in [6.07, 6.45) is 11.0. The van der Waals surface area contributed by atoms with Crippen LogP contribution in [0.3, 0.4) is 0 Å². The van der Waals surface area contributed by atoms with Gasteiger partial charge in [-0.05, 0) is 80.7 Å². The summed E-state index contributed by atoms with van der Waals surface area (Å²) in [5.74, 6) is 1.25. The van der Waals surface area contributed by atoms with Gasteiger partial charge in [-0.25, -0.2) is 15.4 Å². The molecule has 0 saturated heterocycles. The molecular formula is C29H38N6O3. The predicted octanol–water partition coefficient (Wildman–Crippen LogP) is 5.15. The molecule has 0 bridgehead atoms. The summed E-state index contributed by atoms with van der Waals surface area (Å²) in [7, 11) is 0. The molecule has 38 heavy (non-hydrogen) atoms. The van der Waals surface area contributed by atoms with Gasteiger partial charge >= 0.3 is 0 Å². The first kappa shape index (κ1) is 28.6. The second-order valence-electron chi connectivity index (χ2n) is 8.96. The monoisotopic (exact) mass is 518 g/mol. The molecular weight excluding hydrogens is 480 g/mol. The quantitative estimate of drug-likeness (QED) is 0.0725. The number of rotatable bonds is 17. The number of H-pyrrole nitrogens is 1. The number of aromatic amines is 1. The Labute approximate surface area is 224 Å². The lowest BCUT2D eigenvalue weighted by molar-refractivity contribution is -0.129. The topological polar surface area (TPSA) is 124 Å². The number of hydrogen-bond acceptors (Lipinski definition) is 7. The molecule has 202 valence electrons. The molecule has 1 atom stereocenters. The van der Waals surface area contributed by atoms with Gasteiger partial charge in [0.2, 0.25) is 5.91 Å². The van der Waals surface area contributed by atoms with E-state index in [2.05, 4.69) is 51.7 Å². The van der Waals surface area contributed by atoms with Gasteiger partial charge in [-0.3, -0.25) is 10.0 Å². The lowest BCUT2D eigenvalue weighted by atomic mass is 10.1. The zero-order valence-electron chi connectivity index (χ0n) is 22.0. The zero-order chi connectivity index (χ0) is 27.2. The van der Waals surface area contributed by atoms with E-state index in [0.717, 1.165) is 78.2 Å². The lowest BCUT2D eigenvalue weighted by Crippen LogP contribution is -2.19. The van der Waals surface area contributed by atoms with Crippen LogP contribution in [0.1, 0.15) is 39.0 Å². The third kappa shape index (κ3) is 8.57. The highest BCUT2D eigenvalue weighted by atomic mass is 16.5. The van der Waals surface area contributed by atoms with Crippen LogP contribution >= 0.6 is 0 Å². The second kappa shape index (κ2) is 15.3. The van der Waals surface area contributed by atoms with Crippen molar-refractivity contribution in [3.05, 3.63) is 73.6 Å². The number of allylic oxidation sites excluding steroid dienone is 2. The molecule has 1 aromatic carbocycles. The Hall–Kier alpha value is -3.95. The van der Waals surface area contributed by atoms with Crippen LogP contribution in [0.25, 0.3) is 22.3 Å². The summed E-state index contributed by atoms with van der Waals surface area (Å²) in [6.45, 7) is 12.1. The number of fused-ring (bicyclic) bond motifs is 1. The van der Waals surface area contributed by atoms with Crippen molar-refractivity contribution in [3.63, 3.8) is 0 Å². The molecule has 0 fully saturated rings. The maximum Gasteiger partial charge on any atom is 0.243 e. The van der Waals surface area contributed by atoms with E-state index in [4.69, 9.17) is 9.94 Å². The van der Waals surface area contributed by atoms with Crippen LogP contribution in [0.5, 0.6) is 5.75 Å². The minimum absolute atomic E-state index is 0.0145. The molecule has 2 heterocycles. The zero-order valence-corrected chi connectivity index (χ0v) is 22.0. The largest absolute Gasteiger partial charge is 0.494 e. The predicted molar refractivity (Wildman–Crippen MR) is 152 cm³/mol. The van der Waals surface area contributed by atoms with Gasteiger partial charge in [0.15, 0.2) is 0 Å². The highest BCUT2D eigenvalue weighted by molar-refractivity contribution is 5.91. The van der Waals surface area contributed by atoms with Crippen LogP contribution in [0.15, 0.2) is 73.6 Å². The fourth-order valence-electron chi connectivity index (χ4n) is 4.04. The Morgan fingerprint density at radius 1 is 1.13 bits per heavy atom. The van der Waals surface area contributed by atoms with E-state index >= 15 is 0 Å². The average molecular weight is 519 g/mol. The molecule has 9 nitrogen and oxygen atoms in total. The Kier molecular flexibility index (Phi) is 11.5. The molecule has 3 aromatic rings. The minimum Gasteiger partial charge on any atom is -0.494 e. The van der Waals surface area contributed by atoms with Crippen molar-refractivity contribution in [1.82, 2.24) is 25.7 Å². The van der Waals surface area contributed by atoms with Gasteiger partial charge in [-0.15, -0.1) is 0 Å². The second-order valence-corrected chi connectivity index (χ2v) is 8.96. The van der Waals surface area contributed by atoms with Crippen LogP contribution in [0, 0.1) is 0 Å². The van der Waals surface area contributed by atoms with Gasteiger partial charge in [0, 0.05) is 18.2 Å². The summed E-state index contributed by atoms with van der Waals surface area (Å²) in [5.41, 5.74) is 5.43. The van der Waals surface area contributed by atoms with Crippen LogP contribution in [-0.2, 0) is 4.79 Å². The van der Waals surface area contributed by atoms with Gasteiger partial charge in [-0.2, -0.15) is 0 Å². The maximum atomic E-state index is 10.9. The first-order valence-corrected chi connectivity index (χ1v) is 13.0. The molecule has 0 radical (unpaired) electrons. The Bertz CT molecular complexity index is 1220. The number of aromatic nitrogens is 3. The highest BCUT2D eigenvalue weighted by Gasteiger charge is 2.13. The van der Waals surface area contributed by atoms with Crippen molar-refractivity contribution in [2.75, 3.05) is 25.0 Å². The van der Waals surface area contributed by atoms with Gasteiger partial charge in [0.05, 0.1) is 12.0 Å². The molecule has 9 heteroatoms. The standard InChI is InChI=1S/C29H38N6O3/c1-4-10-22(5-2)21(3)33-28-25-19-26(34-29(25)32-20-31-28)23-12-14-24(15-13-23)38-18-9-17-30-16-8-6-7-11-27(36)35-37/h4-5,10,12-15,19-21,30,37H,1-2,6-9,11,16-18H2,3H3,(H,35,36)(H2,31,32,33,34)/b22-10+/t21-/m1/s1. The van der Waals surface area contributed by atoms with Crippen LogP contribution in [0.2, 0.25) is 0 Å². The number of benzene rings is 1.